The number of aromatic amines is 1. The standard InChI is InChI=1S/C21H27N5O2/c22-19-12-18(24-25-19)21(28)26-9-7-14(8-10-26)13-23-20(27)11-16-6-5-15-3-1-2-4-17(15)16/h1-4,12,14,16H,5-11,13H2,(H,23,27)(H3,22,24,25)/t16-/m1/s1. The summed E-state index contributed by atoms with van der Waals surface area (Å²) in [5, 5.41) is 9.60. The molecule has 2 heterocycles. The van der Waals surface area contributed by atoms with Crippen LogP contribution in [0.2, 0.25) is 0 Å². The first-order valence-electron chi connectivity index (χ1n) is 10.0. The summed E-state index contributed by atoms with van der Waals surface area (Å²) in [5.74, 6) is 1.15. The van der Waals surface area contributed by atoms with Gasteiger partial charge in [0.1, 0.15) is 11.5 Å². The number of benzene rings is 1. The summed E-state index contributed by atoms with van der Waals surface area (Å²) < 4.78 is 0. The molecule has 1 fully saturated rings. The van der Waals surface area contributed by atoms with E-state index in [1.54, 1.807) is 6.07 Å². The smallest absolute Gasteiger partial charge is 0.271 e. The average molecular weight is 381 g/mol. The zero-order valence-corrected chi connectivity index (χ0v) is 16.0. The first-order chi connectivity index (χ1) is 13.6. The monoisotopic (exact) mass is 381 g/mol. The van der Waals surface area contributed by atoms with Crippen molar-refractivity contribution in [2.75, 3.05) is 25.4 Å². The third kappa shape index (κ3) is 4.03. The fraction of sp³-hybridized carbons (Fsp3) is 0.476. The zero-order chi connectivity index (χ0) is 19.5. The van der Waals surface area contributed by atoms with Gasteiger partial charge in [0, 0.05) is 32.1 Å². The molecule has 0 unspecified atom stereocenters. The van der Waals surface area contributed by atoms with Crippen LogP contribution in [-0.2, 0) is 11.2 Å². The number of fused-ring (bicyclic) bond motifs is 1. The summed E-state index contributed by atoms with van der Waals surface area (Å²) in [6.45, 7) is 2.06. The summed E-state index contributed by atoms with van der Waals surface area (Å²) in [5.41, 5.74) is 8.72. The van der Waals surface area contributed by atoms with Crippen LogP contribution in [-0.4, -0.2) is 46.5 Å². The van der Waals surface area contributed by atoms with Gasteiger partial charge in [0.2, 0.25) is 5.91 Å². The molecule has 1 atom stereocenters. The predicted octanol–water partition coefficient (Wildman–Crippen LogP) is 2.08. The van der Waals surface area contributed by atoms with Crippen LogP contribution in [0.4, 0.5) is 5.82 Å². The van der Waals surface area contributed by atoms with E-state index in [0.717, 1.165) is 25.7 Å². The fourth-order valence-corrected chi connectivity index (χ4v) is 4.37. The fourth-order valence-electron chi connectivity index (χ4n) is 4.37. The lowest BCUT2D eigenvalue weighted by molar-refractivity contribution is -0.121. The average Bonchev–Trinajstić information content (AvgIpc) is 3.33. The molecule has 7 heteroatoms. The Bertz CT molecular complexity index is 854. The molecular weight excluding hydrogens is 354 g/mol. The van der Waals surface area contributed by atoms with Crippen molar-refractivity contribution in [1.82, 2.24) is 20.4 Å². The van der Waals surface area contributed by atoms with Gasteiger partial charge in [-0.25, -0.2) is 0 Å². The van der Waals surface area contributed by atoms with Crippen molar-refractivity contribution in [1.29, 1.82) is 0 Å². The van der Waals surface area contributed by atoms with Gasteiger partial charge in [0.25, 0.3) is 5.91 Å². The molecule has 4 N–H and O–H groups in total. The Morgan fingerprint density at radius 2 is 2.00 bits per heavy atom. The lowest BCUT2D eigenvalue weighted by Gasteiger charge is -2.31. The van der Waals surface area contributed by atoms with E-state index < -0.39 is 0 Å². The highest BCUT2D eigenvalue weighted by atomic mass is 16.2. The number of aryl methyl sites for hydroxylation is 1. The van der Waals surface area contributed by atoms with Crippen molar-refractivity contribution >= 4 is 17.6 Å². The molecule has 1 saturated heterocycles. The van der Waals surface area contributed by atoms with Crippen molar-refractivity contribution in [3.63, 3.8) is 0 Å². The van der Waals surface area contributed by atoms with Gasteiger partial charge in [-0.2, -0.15) is 5.10 Å². The maximum absolute atomic E-state index is 12.4. The number of carbonyl (C=O) groups excluding carboxylic acids is 2. The number of H-pyrrole nitrogens is 1. The third-order valence-corrected chi connectivity index (χ3v) is 6.01. The number of hydrogen-bond acceptors (Lipinski definition) is 4. The summed E-state index contributed by atoms with van der Waals surface area (Å²) >= 11 is 0. The number of anilines is 1. The first-order valence-corrected chi connectivity index (χ1v) is 10.0. The lowest BCUT2D eigenvalue weighted by atomic mass is 9.95. The molecule has 7 nitrogen and oxygen atoms in total. The Hall–Kier alpha value is -2.83. The van der Waals surface area contributed by atoms with E-state index in [0.29, 0.717) is 49.4 Å². The molecule has 4 rings (SSSR count). The van der Waals surface area contributed by atoms with E-state index in [-0.39, 0.29) is 11.8 Å². The largest absolute Gasteiger partial charge is 0.382 e. The molecule has 1 aromatic heterocycles. The number of nitrogen functional groups attached to an aromatic ring is 1. The summed E-state index contributed by atoms with van der Waals surface area (Å²) in [4.78, 5) is 26.6. The molecule has 148 valence electrons. The molecule has 28 heavy (non-hydrogen) atoms. The molecule has 0 radical (unpaired) electrons. The Balaban J connectivity index is 1.20. The van der Waals surface area contributed by atoms with E-state index in [4.69, 9.17) is 5.73 Å². The molecule has 1 aromatic carbocycles. The van der Waals surface area contributed by atoms with E-state index in [1.807, 2.05) is 4.90 Å². The van der Waals surface area contributed by atoms with Gasteiger partial charge in [0.05, 0.1) is 0 Å². The molecule has 2 aliphatic rings. The number of piperidine rings is 1. The van der Waals surface area contributed by atoms with Crippen LogP contribution in [0.1, 0.15) is 53.2 Å². The van der Waals surface area contributed by atoms with E-state index in [9.17, 15) is 9.59 Å². The topological polar surface area (TPSA) is 104 Å². The Labute approximate surface area is 164 Å². The normalized spacial score (nSPS) is 19.4. The van der Waals surface area contributed by atoms with Crippen LogP contribution in [0.15, 0.2) is 30.3 Å². The van der Waals surface area contributed by atoms with Crippen molar-refractivity contribution < 1.29 is 9.59 Å². The summed E-state index contributed by atoms with van der Waals surface area (Å²) in [6.07, 6.45) is 4.48. The quantitative estimate of drug-likeness (QED) is 0.737. The number of nitrogens with one attached hydrogen (secondary N) is 2. The van der Waals surface area contributed by atoms with Crippen LogP contribution in [0, 0.1) is 5.92 Å². The molecule has 0 saturated carbocycles. The minimum atomic E-state index is -0.0633. The SMILES string of the molecule is Nc1cc(C(=O)N2CCC(CNC(=O)C[C@H]3CCc4ccccc43)CC2)[nH]n1. The van der Waals surface area contributed by atoms with Crippen LogP contribution < -0.4 is 11.1 Å². The number of hydrogen-bond donors (Lipinski definition) is 3. The second kappa shape index (κ2) is 8.04. The molecular formula is C21H27N5O2. The second-order valence-corrected chi connectivity index (χ2v) is 7.88. The maximum Gasteiger partial charge on any atom is 0.271 e. The van der Waals surface area contributed by atoms with Gasteiger partial charge in [-0.1, -0.05) is 24.3 Å². The summed E-state index contributed by atoms with van der Waals surface area (Å²) in [7, 11) is 0. The van der Waals surface area contributed by atoms with Crippen molar-refractivity contribution in [3.05, 3.63) is 47.2 Å². The van der Waals surface area contributed by atoms with Gasteiger partial charge in [-0.15, -0.1) is 0 Å². The molecule has 1 aliphatic heterocycles. The number of rotatable bonds is 5. The highest BCUT2D eigenvalue weighted by Gasteiger charge is 2.27. The second-order valence-electron chi connectivity index (χ2n) is 7.88. The maximum atomic E-state index is 12.4. The number of nitrogens with zero attached hydrogens (tertiary/aromatic N) is 2. The van der Waals surface area contributed by atoms with Crippen LogP contribution in [0.3, 0.4) is 0 Å². The van der Waals surface area contributed by atoms with Crippen LogP contribution in [0.5, 0.6) is 0 Å². The minimum absolute atomic E-state index is 0.0633. The summed E-state index contributed by atoms with van der Waals surface area (Å²) in [6, 6.07) is 10.0. The Morgan fingerprint density at radius 1 is 1.21 bits per heavy atom. The highest BCUT2D eigenvalue weighted by molar-refractivity contribution is 5.93. The molecule has 2 aromatic rings. The lowest BCUT2D eigenvalue weighted by Crippen LogP contribution is -2.41. The van der Waals surface area contributed by atoms with Gasteiger partial charge < -0.3 is 16.0 Å². The number of nitrogens with two attached hydrogens (primary N) is 1. The Kier molecular flexibility index (Phi) is 5.32. The van der Waals surface area contributed by atoms with Gasteiger partial charge in [-0.05, 0) is 48.6 Å². The van der Waals surface area contributed by atoms with Crippen molar-refractivity contribution in [3.8, 4) is 0 Å². The van der Waals surface area contributed by atoms with Crippen LogP contribution in [0.25, 0.3) is 0 Å². The number of likely N-dealkylation sites (tertiary alicyclic amines) is 1. The van der Waals surface area contributed by atoms with Crippen molar-refractivity contribution in [2.45, 2.75) is 38.0 Å². The number of amides is 2. The highest BCUT2D eigenvalue weighted by Crippen LogP contribution is 2.35. The number of carbonyl (C=O) groups is 2. The van der Waals surface area contributed by atoms with E-state index in [1.165, 1.54) is 11.1 Å². The molecule has 2 amide bonds. The molecule has 0 spiro atoms. The zero-order valence-electron chi connectivity index (χ0n) is 16.0. The van der Waals surface area contributed by atoms with E-state index >= 15 is 0 Å². The van der Waals surface area contributed by atoms with Gasteiger partial charge in [-0.3, -0.25) is 14.7 Å². The number of aromatic nitrogens is 2. The van der Waals surface area contributed by atoms with E-state index in [2.05, 4.69) is 39.8 Å². The van der Waals surface area contributed by atoms with Gasteiger partial charge >= 0.3 is 0 Å². The Morgan fingerprint density at radius 3 is 2.75 bits per heavy atom. The van der Waals surface area contributed by atoms with Crippen molar-refractivity contribution in [2.24, 2.45) is 5.92 Å². The molecule has 0 bridgehead atoms. The predicted molar refractivity (Wildman–Crippen MR) is 107 cm³/mol. The van der Waals surface area contributed by atoms with Crippen LogP contribution >= 0.6 is 0 Å². The minimum Gasteiger partial charge on any atom is -0.382 e. The first kappa shape index (κ1) is 18.5. The third-order valence-electron chi connectivity index (χ3n) is 6.01. The van der Waals surface area contributed by atoms with Gasteiger partial charge in [0.15, 0.2) is 0 Å². The molecule has 1 aliphatic carbocycles.